The minimum Gasteiger partial charge on any atom is -0.214 e. The maximum atomic E-state index is 14.0. The Labute approximate surface area is 118 Å². The van der Waals surface area contributed by atoms with Crippen molar-refractivity contribution in [3.8, 4) is 0 Å². The van der Waals surface area contributed by atoms with E-state index in [2.05, 4.69) is 4.72 Å². The van der Waals surface area contributed by atoms with E-state index >= 15 is 0 Å². The molecule has 0 aromatic heterocycles. The molecular weight excluding hydrogens is 284 g/mol. The Morgan fingerprint density at radius 1 is 1.30 bits per heavy atom. The lowest BCUT2D eigenvalue weighted by molar-refractivity contribution is 0.459. The summed E-state index contributed by atoms with van der Waals surface area (Å²) >= 11 is 0. The zero-order valence-corrected chi connectivity index (χ0v) is 12.7. The molecule has 112 valence electrons. The quantitative estimate of drug-likeness (QED) is 0.909. The summed E-state index contributed by atoms with van der Waals surface area (Å²) in [5.41, 5.74) is -0.447. The summed E-state index contributed by atoms with van der Waals surface area (Å²) in [6.07, 6.45) is 0.661. The number of hydrogen-bond acceptors (Lipinski definition) is 2. The second kappa shape index (κ2) is 4.77. The molecule has 1 aliphatic carbocycles. The second-order valence-corrected chi connectivity index (χ2v) is 8.09. The minimum absolute atomic E-state index is 0.0184. The number of halogens is 2. The molecule has 2 rings (SSSR count). The van der Waals surface area contributed by atoms with Crippen molar-refractivity contribution < 1.29 is 17.2 Å². The smallest absolute Gasteiger partial charge is 0.211 e. The average molecular weight is 303 g/mol. The molecule has 0 aliphatic heterocycles. The Balaban J connectivity index is 2.33. The number of nitrogens with one attached hydrogen (secondary N) is 1. The number of sulfonamides is 1. The van der Waals surface area contributed by atoms with Crippen LogP contribution in [0.25, 0.3) is 0 Å². The normalized spacial score (nSPS) is 24.6. The van der Waals surface area contributed by atoms with Crippen molar-refractivity contribution in [1.29, 1.82) is 0 Å². The lowest BCUT2D eigenvalue weighted by Crippen LogP contribution is -2.36. The van der Waals surface area contributed by atoms with Gasteiger partial charge in [-0.25, -0.2) is 21.9 Å². The summed E-state index contributed by atoms with van der Waals surface area (Å²) < 4.78 is 52.7. The van der Waals surface area contributed by atoms with Crippen LogP contribution in [0.15, 0.2) is 18.2 Å². The summed E-state index contributed by atoms with van der Waals surface area (Å²) in [5, 5.41) is 0. The van der Waals surface area contributed by atoms with E-state index < -0.39 is 27.1 Å². The van der Waals surface area contributed by atoms with Gasteiger partial charge in [0, 0.05) is 18.0 Å². The van der Waals surface area contributed by atoms with Crippen molar-refractivity contribution in [2.75, 3.05) is 12.3 Å². The molecule has 0 saturated heterocycles. The molecule has 20 heavy (non-hydrogen) atoms. The first-order valence-corrected chi connectivity index (χ1v) is 8.22. The van der Waals surface area contributed by atoms with Crippen LogP contribution in [0.5, 0.6) is 0 Å². The van der Waals surface area contributed by atoms with Crippen molar-refractivity contribution in [2.45, 2.75) is 32.6 Å². The molecule has 0 spiro atoms. The SMILES string of the molecule is CCS(=O)(=O)NCC1(c2ccc(F)cc2F)CC1(C)C. The number of benzene rings is 1. The molecule has 1 saturated carbocycles. The molecule has 1 aromatic rings. The Kier molecular flexibility index (Phi) is 3.67. The maximum Gasteiger partial charge on any atom is 0.211 e. The highest BCUT2D eigenvalue weighted by Crippen LogP contribution is 2.64. The van der Waals surface area contributed by atoms with Gasteiger partial charge < -0.3 is 0 Å². The minimum atomic E-state index is -3.34. The van der Waals surface area contributed by atoms with Crippen LogP contribution < -0.4 is 4.72 Å². The summed E-state index contributed by atoms with van der Waals surface area (Å²) in [4.78, 5) is 0. The first kappa shape index (κ1) is 15.4. The molecule has 1 N–H and O–H groups in total. The van der Waals surface area contributed by atoms with Crippen molar-refractivity contribution >= 4 is 10.0 Å². The van der Waals surface area contributed by atoms with Crippen LogP contribution in [0.2, 0.25) is 0 Å². The Bertz CT molecular complexity index is 628. The summed E-state index contributed by atoms with van der Waals surface area (Å²) in [7, 11) is -3.34. The van der Waals surface area contributed by atoms with Gasteiger partial charge in [-0.2, -0.15) is 0 Å². The van der Waals surface area contributed by atoms with E-state index in [1.807, 2.05) is 13.8 Å². The number of hydrogen-bond donors (Lipinski definition) is 1. The molecular formula is C14H19F2NO2S. The Morgan fingerprint density at radius 2 is 1.90 bits per heavy atom. The van der Waals surface area contributed by atoms with Gasteiger partial charge in [0.25, 0.3) is 0 Å². The predicted molar refractivity (Wildman–Crippen MR) is 73.9 cm³/mol. The van der Waals surface area contributed by atoms with Gasteiger partial charge in [-0.3, -0.25) is 0 Å². The van der Waals surface area contributed by atoms with Crippen LogP contribution >= 0.6 is 0 Å². The molecule has 1 fully saturated rings. The highest BCUT2D eigenvalue weighted by molar-refractivity contribution is 7.89. The van der Waals surface area contributed by atoms with Crippen LogP contribution in [0, 0.1) is 17.0 Å². The fourth-order valence-electron chi connectivity index (χ4n) is 2.78. The number of rotatable bonds is 5. The van der Waals surface area contributed by atoms with E-state index in [4.69, 9.17) is 0 Å². The van der Waals surface area contributed by atoms with E-state index in [9.17, 15) is 17.2 Å². The standard InChI is InChI=1S/C14H19F2NO2S/c1-4-20(18,19)17-9-14(8-13(14,2)3)11-6-5-10(15)7-12(11)16/h5-7,17H,4,8-9H2,1-3H3. The van der Waals surface area contributed by atoms with Gasteiger partial charge in [-0.1, -0.05) is 19.9 Å². The van der Waals surface area contributed by atoms with Gasteiger partial charge in [0.05, 0.1) is 5.75 Å². The van der Waals surface area contributed by atoms with Crippen molar-refractivity contribution in [3.63, 3.8) is 0 Å². The molecule has 0 amide bonds. The molecule has 0 bridgehead atoms. The molecule has 1 aliphatic rings. The lowest BCUT2D eigenvalue weighted by Gasteiger charge is -2.22. The first-order chi connectivity index (χ1) is 9.13. The van der Waals surface area contributed by atoms with Gasteiger partial charge in [0.1, 0.15) is 11.6 Å². The molecule has 0 heterocycles. The van der Waals surface area contributed by atoms with E-state index in [1.165, 1.54) is 12.1 Å². The predicted octanol–water partition coefficient (Wildman–Crippen LogP) is 2.57. The molecule has 1 unspecified atom stereocenters. The van der Waals surface area contributed by atoms with Gasteiger partial charge >= 0.3 is 0 Å². The fraction of sp³-hybridized carbons (Fsp3) is 0.571. The van der Waals surface area contributed by atoms with Gasteiger partial charge in [-0.15, -0.1) is 0 Å². The first-order valence-electron chi connectivity index (χ1n) is 6.56. The molecule has 3 nitrogen and oxygen atoms in total. The Morgan fingerprint density at radius 3 is 2.35 bits per heavy atom. The summed E-state index contributed by atoms with van der Waals surface area (Å²) in [6.45, 7) is 5.59. The lowest BCUT2D eigenvalue weighted by atomic mass is 9.87. The summed E-state index contributed by atoms with van der Waals surface area (Å²) in [5.74, 6) is -1.27. The molecule has 0 radical (unpaired) electrons. The van der Waals surface area contributed by atoms with Crippen LogP contribution in [-0.4, -0.2) is 20.7 Å². The van der Waals surface area contributed by atoms with Crippen LogP contribution in [0.4, 0.5) is 8.78 Å². The topological polar surface area (TPSA) is 46.2 Å². The monoisotopic (exact) mass is 303 g/mol. The van der Waals surface area contributed by atoms with E-state index in [-0.39, 0.29) is 17.7 Å². The van der Waals surface area contributed by atoms with Crippen molar-refractivity contribution in [1.82, 2.24) is 4.72 Å². The van der Waals surface area contributed by atoms with E-state index in [0.717, 1.165) is 6.07 Å². The van der Waals surface area contributed by atoms with Crippen molar-refractivity contribution in [3.05, 3.63) is 35.4 Å². The third-order valence-corrected chi connectivity index (χ3v) is 5.68. The van der Waals surface area contributed by atoms with Crippen LogP contribution in [0.3, 0.4) is 0 Å². The zero-order chi connectivity index (χ0) is 15.2. The molecule has 1 atom stereocenters. The summed E-state index contributed by atoms with van der Waals surface area (Å²) in [6, 6.07) is 3.47. The third-order valence-electron chi connectivity index (χ3n) is 4.33. The van der Waals surface area contributed by atoms with E-state index in [0.29, 0.717) is 12.0 Å². The van der Waals surface area contributed by atoms with Gasteiger partial charge in [-0.05, 0) is 30.4 Å². The molecule has 1 aromatic carbocycles. The highest BCUT2D eigenvalue weighted by Gasteiger charge is 2.62. The van der Waals surface area contributed by atoms with Crippen LogP contribution in [0.1, 0.15) is 32.8 Å². The van der Waals surface area contributed by atoms with E-state index in [1.54, 1.807) is 6.92 Å². The largest absolute Gasteiger partial charge is 0.214 e. The fourth-order valence-corrected chi connectivity index (χ4v) is 3.45. The van der Waals surface area contributed by atoms with Gasteiger partial charge in [0.15, 0.2) is 0 Å². The van der Waals surface area contributed by atoms with Gasteiger partial charge in [0.2, 0.25) is 10.0 Å². The zero-order valence-electron chi connectivity index (χ0n) is 11.8. The third kappa shape index (κ3) is 2.59. The van der Waals surface area contributed by atoms with Crippen LogP contribution in [-0.2, 0) is 15.4 Å². The second-order valence-electron chi connectivity index (χ2n) is 5.99. The average Bonchev–Trinajstić information content (AvgIpc) is 2.90. The molecule has 6 heteroatoms. The maximum absolute atomic E-state index is 14.0. The van der Waals surface area contributed by atoms with Crippen molar-refractivity contribution in [2.24, 2.45) is 5.41 Å². The Hall–Kier alpha value is -1.01. The highest BCUT2D eigenvalue weighted by atomic mass is 32.2.